The Bertz CT molecular complexity index is 1140. The number of Topliss-reactive ketones (excluding diaryl/α,β-unsaturated/α-hetero) is 1. The average Bonchev–Trinajstić information content (AvgIpc) is 3.29. The van der Waals surface area contributed by atoms with E-state index in [1.54, 1.807) is 29.8 Å². The molecule has 0 aliphatic carbocycles. The van der Waals surface area contributed by atoms with Gasteiger partial charge >= 0.3 is 5.97 Å². The number of esters is 1. The lowest BCUT2D eigenvalue weighted by Crippen LogP contribution is -2.26. The molecule has 30 heavy (non-hydrogen) atoms. The number of aryl methyl sites for hydroxylation is 1. The summed E-state index contributed by atoms with van der Waals surface area (Å²) < 4.78 is 6.73. The van der Waals surface area contributed by atoms with E-state index >= 15 is 0 Å². The lowest BCUT2D eigenvalue weighted by molar-refractivity contribution is -0.123. The van der Waals surface area contributed by atoms with Gasteiger partial charge in [0.25, 0.3) is 5.56 Å². The van der Waals surface area contributed by atoms with Crippen molar-refractivity contribution in [1.29, 1.82) is 0 Å². The van der Waals surface area contributed by atoms with Crippen LogP contribution in [0.4, 0.5) is 0 Å². The summed E-state index contributed by atoms with van der Waals surface area (Å²) in [6, 6.07) is 3.89. The van der Waals surface area contributed by atoms with E-state index in [0.29, 0.717) is 32.4 Å². The molecule has 0 radical (unpaired) electrons. The van der Waals surface area contributed by atoms with Crippen LogP contribution in [0.3, 0.4) is 0 Å². The fourth-order valence-corrected chi connectivity index (χ4v) is 5.71. The summed E-state index contributed by atoms with van der Waals surface area (Å²) in [7, 11) is 0. The van der Waals surface area contributed by atoms with Gasteiger partial charge in [0, 0.05) is 10.3 Å². The van der Waals surface area contributed by atoms with Crippen molar-refractivity contribution in [3.05, 3.63) is 43.2 Å². The Balaban J connectivity index is 2.11. The molecule has 0 aliphatic rings. The number of carbonyl (C=O) groups excluding carboxylic acids is 2. The van der Waals surface area contributed by atoms with Crippen LogP contribution < -0.4 is 5.56 Å². The summed E-state index contributed by atoms with van der Waals surface area (Å²) in [5.41, 5.74) is -0.0800. The van der Waals surface area contributed by atoms with Crippen molar-refractivity contribution >= 4 is 56.4 Å². The maximum absolute atomic E-state index is 13.4. The van der Waals surface area contributed by atoms with Crippen molar-refractivity contribution < 1.29 is 14.3 Å². The number of nitrogens with zero attached hydrogens (tertiary/aromatic N) is 2. The Kier molecular flexibility index (Phi) is 6.84. The van der Waals surface area contributed by atoms with Crippen LogP contribution in [-0.4, -0.2) is 33.7 Å². The molecule has 0 fully saturated rings. The molecule has 9 heteroatoms. The molecule has 3 rings (SSSR count). The second-order valence-corrected chi connectivity index (χ2v) is 10.8. The summed E-state index contributed by atoms with van der Waals surface area (Å²) in [5, 5.41) is 2.87. The molecule has 3 heterocycles. The fraction of sp³-hybridized carbons (Fsp3) is 0.429. The Morgan fingerprint density at radius 1 is 1.30 bits per heavy atom. The Labute approximate surface area is 187 Å². The van der Waals surface area contributed by atoms with E-state index < -0.39 is 11.4 Å². The number of thioether (sulfide) groups is 1. The van der Waals surface area contributed by atoms with E-state index in [9.17, 15) is 14.4 Å². The SMILES string of the molecule is CCOC(=O)c1sc2nc(SCC(=O)C(C)(C)C)n(Cc3cccs3)c(=O)c2c1C. The first-order chi connectivity index (χ1) is 14.1. The fourth-order valence-electron chi connectivity index (χ4n) is 2.74. The Hall–Kier alpha value is -1.97. The molecule has 3 aromatic heterocycles. The van der Waals surface area contributed by atoms with Crippen molar-refractivity contribution in [1.82, 2.24) is 9.55 Å². The zero-order valence-electron chi connectivity index (χ0n) is 17.6. The van der Waals surface area contributed by atoms with Gasteiger partial charge in [0.1, 0.15) is 15.5 Å². The molecule has 0 saturated heterocycles. The van der Waals surface area contributed by atoms with E-state index in [0.717, 1.165) is 16.2 Å². The summed E-state index contributed by atoms with van der Waals surface area (Å²) in [4.78, 5) is 44.7. The van der Waals surface area contributed by atoms with E-state index in [2.05, 4.69) is 4.98 Å². The highest BCUT2D eigenvalue weighted by Gasteiger charge is 2.25. The van der Waals surface area contributed by atoms with Crippen LogP contribution in [0.1, 0.15) is 47.8 Å². The van der Waals surface area contributed by atoms with Gasteiger partial charge in [-0.15, -0.1) is 22.7 Å². The van der Waals surface area contributed by atoms with Crippen LogP contribution >= 0.6 is 34.4 Å². The molecular formula is C21H24N2O4S3. The van der Waals surface area contributed by atoms with Crippen LogP contribution in [0.5, 0.6) is 0 Å². The number of carbonyl (C=O) groups is 2. The second kappa shape index (κ2) is 9.03. The summed E-state index contributed by atoms with van der Waals surface area (Å²) in [5.74, 6) is -0.139. The molecule has 0 aromatic carbocycles. The van der Waals surface area contributed by atoms with Gasteiger partial charge in [0.2, 0.25) is 0 Å². The minimum Gasteiger partial charge on any atom is -0.462 e. The molecular weight excluding hydrogens is 440 g/mol. The molecule has 3 aromatic rings. The Morgan fingerprint density at radius 3 is 2.63 bits per heavy atom. The minimum absolute atomic E-state index is 0.0825. The molecule has 6 nitrogen and oxygen atoms in total. The minimum atomic E-state index is -0.466. The van der Waals surface area contributed by atoms with Gasteiger partial charge in [-0.2, -0.15) is 0 Å². The van der Waals surface area contributed by atoms with Gasteiger partial charge in [-0.05, 0) is 30.9 Å². The largest absolute Gasteiger partial charge is 0.462 e. The molecule has 0 bridgehead atoms. The molecule has 0 aliphatic heterocycles. The number of fused-ring (bicyclic) bond motifs is 1. The van der Waals surface area contributed by atoms with Gasteiger partial charge in [-0.3, -0.25) is 14.2 Å². The normalized spacial score (nSPS) is 11.8. The van der Waals surface area contributed by atoms with E-state index in [1.807, 2.05) is 38.3 Å². The topological polar surface area (TPSA) is 78.3 Å². The maximum atomic E-state index is 13.4. The number of ketones is 1. The van der Waals surface area contributed by atoms with Crippen LogP contribution in [0, 0.1) is 12.3 Å². The zero-order valence-corrected chi connectivity index (χ0v) is 20.1. The van der Waals surface area contributed by atoms with E-state index in [1.165, 1.54) is 11.8 Å². The van der Waals surface area contributed by atoms with Crippen LogP contribution in [0.25, 0.3) is 10.2 Å². The average molecular weight is 465 g/mol. The zero-order chi connectivity index (χ0) is 22.1. The third kappa shape index (κ3) is 4.68. The van der Waals surface area contributed by atoms with Gasteiger partial charge in [-0.1, -0.05) is 38.6 Å². The van der Waals surface area contributed by atoms with Gasteiger partial charge in [0.05, 0.1) is 24.3 Å². The Morgan fingerprint density at radius 2 is 2.03 bits per heavy atom. The highest BCUT2D eigenvalue weighted by atomic mass is 32.2. The lowest BCUT2D eigenvalue weighted by Gasteiger charge is -2.17. The van der Waals surface area contributed by atoms with Crippen molar-refractivity contribution in [3.63, 3.8) is 0 Å². The quantitative estimate of drug-likeness (QED) is 0.285. The first kappa shape index (κ1) is 22.7. The van der Waals surface area contributed by atoms with E-state index in [-0.39, 0.29) is 23.7 Å². The molecule has 0 unspecified atom stereocenters. The standard InChI is InChI=1S/C21H24N2O4S3/c1-6-27-19(26)16-12(2)15-17(30-16)22-20(29-11-14(24)21(3,4)5)23(18(15)25)10-13-8-7-9-28-13/h7-9H,6,10-11H2,1-5H3. The van der Waals surface area contributed by atoms with Crippen LogP contribution in [-0.2, 0) is 16.1 Å². The first-order valence-corrected chi connectivity index (χ1v) is 12.2. The first-order valence-electron chi connectivity index (χ1n) is 9.53. The van der Waals surface area contributed by atoms with Gasteiger partial charge in [-0.25, -0.2) is 9.78 Å². The maximum Gasteiger partial charge on any atom is 0.348 e. The molecule has 0 spiro atoms. The third-order valence-electron chi connectivity index (χ3n) is 4.54. The predicted octanol–water partition coefficient (Wildman–Crippen LogP) is 4.76. The molecule has 0 amide bonds. The molecule has 160 valence electrons. The molecule has 0 N–H and O–H groups in total. The highest BCUT2D eigenvalue weighted by Crippen LogP contribution is 2.31. The summed E-state index contributed by atoms with van der Waals surface area (Å²) >= 11 is 3.98. The number of hydrogen-bond donors (Lipinski definition) is 0. The third-order valence-corrected chi connectivity index (χ3v) is 7.54. The van der Waals surface area contributed by atoms with Crippen molar-refractivity contribution in [3.8, 4) is 0 Å². The number of hydrogen-bond acceptors (Lipinski definition) is 8. The summed E-state index contributed by atoms with van der Waals surface area (Å²) in [6.07, 6.45) is 0. The predicted molar refractivity (Wildman–Crippen MR) is 123 cm³/mol. The number of thiophene rings is 2. The van der Waals surface area contributed by atoms with Crippen LogP contribution in [0.15, 0.2) is 27.5 Å². The van der Waals surface area contributed by atoms with Crippen molar-refractivity contribution in [2.45, 2.75) is 46.3 Å². The molecule has 0 atom stereocenters. The smallest absolute Gasteiger partial charge is 0.348 e. The second-order valence-electron chi connectivity index (χ2n) is 7.78. The number of ether oxygens (including phenoxy) is 1. The lowest BCUT2D eigenvalue weighted by atomic mass is 9.92. The van der Waals surface area contributed by atoms with E-state index in [4.69, 9.17) is 4.74 Å². The number of aromatic nitrogens is 2. The van der Waals surface area contributed by atoms with Gasteiger partial charge < -0.3 is 4.74 Å². The van der Waals surface area contributed by atoms with Crippen molar-refractivity contribution in [2.75, 3.05) is 12.4 Å². The highest BCUT2D eigenvalue weighted by molar-refractivity contribution is 7.99. The summed E-state index contributed by atoms with van der Waals surface area (Å²) in [6.45, 7) is 9.75. The van der Waals surface area contributed by atoms with Crippen LogP contribution in [0.2, 0.25) is 0 Å². The monoisotopic (exact) mass is 464 g/mol. The molecule has 0 saturated carbocycles. The number of rotatable bonds is 7. The van der Waals surface area contributed by atoms with Gasteiger partial charge in [0.15, 0.2) is 5.16 Å². The van der Waals surface area contributed by atoms with Crippen molar-refractivity contribution in [2.24, 2.45) is 5.41 Å².